The molecule has 0 N–H and O–H groups in total. The van der Waals surface area contributed by atoms with Crippen molar-refractivity contribution in [2.24, 2.45) is 79.3 Å². The molecule has 366 valence electrons. The van der Waals surface area contributed by atoms with Crippen molar-refractivity contribution in [2.75, 3.05) is 0 Å². The molecule has 10 unspecified atom stereocenters. The molecule has 0 nitrogen and oxygen atoms in total. The Bertz CT molecular complexity index is 2610. The van der Waals surface area contributed by atoms with E-state index < -0.39 is 21.3 Å². The Hall–Kier alpha value is -2.31. The SMILES string of the molecule is CC1=CC=CC2[CH]([Zr+2]([C]3=CC(C4C5CC6CC(C5)CC4C6)=CC3C)=[C](c3ccc(C(C)(C)C)cc3)c3ccc(C(C)(C)C)cc3)C3(C)C4(C)C=CC=CC4(C)C4(C)C=CC=CC4(C)C3(C)C12C.[Cl-].[Cl-]. The van der Waals surface area contributed by atoms with Crippen LogP contribution in [0.15, 0.2) is 142 Å². The fourth-order valence-corrected chi connectivity index (χ4v) is 30.9. The zero-order valence-corrected chi connectivity index (χ0v) is 49.0. The normalized spacial score (nSPS) is 42.7. The van der Waals surface area contributed by atoms with Crippen molar-refractivity contribution in [3.63, 3.8) is 0 Å². The van der Waals surface area contributed by atoms with E-state index in [1.807, 2.05) is 3.28 Å². The van der Waals surface area contributed by atoms with Gasteiger partial charge in [-0.05, 0) is 0 Å². The molecule has 10 atom stereocenters. The second kappa shape index (κ2) is 16.6. The molecule has 2 aromatic rings. The van der Waals surface area contributed by atoms with E-state index in [0.717, 1.165) is 29.6 Å². The van der Waals surface area contributed by atoms with E-state index in [1.165, 1.54) is 54.4 Å². The van der Waals surface area contributed by atoms with Crippen LogP contribution in [-0.2, 0) is 32.1 Å². The van der Waals surface area contributed by atoms with Crippen molar-refractivity contribution in [3.8, 4) is 0 Å². The molecule has 4 bridgehead atoms. The van der Waals surface area contributed by atoms with Crippen LogP contribution < -0.4 is 24.8 Å². The zero-order valence-electron chi connectivity index (χ0n) is 45.0. The molecule has 0 radical (unpaired) electrons. The maximum absolute atomic E-state index is 3.29. The number of hydrogen-bond acceptors (Lipinski definition) is 0. The maximum atomic E-state index is 2.97. The second-order valence-electron chi connectivity index (χ2n) is 27.5. The summed E-state index contributed by atoms with van der Waals surface area (Å²) in [4.78, 5) is 0. The van der Waals surface area contributed by atoms with Gasteiger partial charge in [-0.1, -0.05) is 0 Å². The van der Waals surface area contributed by atoms with Crippen LogP contribution in [0, 0.1) is 79.3 Å². The fraction of sp³-hybridized carbons (Fsp3) is 0.561. The zero-order chi connectivity index (χ0) is 47.7. The van der Waals surface area contributed by atoms with Gasteiger partial charge in [0.05, 0.1) is 0 Å². The van der Waals surface area contributed by atoms with Crippen molar-refractivity contribution < 1.29 is 46.1 Å². The van der Waals surface area contributed by atoms with Gasteiger partial charge < -0.3 is 24.8 Å². The maximum Gasteiger partial charge on any atom is -1.00 e. The minimum atomic E-state index is -3.29. The third-order valence-electron chi connectivity index (χ3n) is 23.3. The summed E-state index contributed by atoms with van der Waals surface area (Å²) in [6.45, 7) is 38.8. The van der Waals surface area contributed by atoms with Gasteiger partial charge in [-0.2, -0.15) is 0 Å². The molecule has 3 heteroatoms. The molecule has 69 heavy (non-hydrogen) atoms. The Morgan fingerprint density at radius 2 is 1.03 bits per heavy atom. The summed E-state index contributed by atoms with van der Waals surface area (Å²) in [6.07, 6.45) is 41.7. The largest absolute Gasteiger partial charge is 1.00 e. The van der Waals surface area contributed by atoms with Crippen molar-refractivity contribution in [3.05, 3.63) is 164 Å². The average Bonchev–Trinajstić information content (AvgIpc) is 3.72. The van der Waals surface area contributed by atoms with E-state index in [1.54, 1.807) is 14.4 Å². The van der Waals surface area contributed by atoms with E-state index in [4.69, 9.17) is 0 Å². The topological polar surface area (TPSA) is 0 Å². The van der Waals surface area contributed by atoms with Crippen LogP contribution in [-0.4, -0.2) is 3.21 Å². The molecule has 12 rings (SSSR count). The molecule has 0 aromatic heterocycles. The van der Waals surface area contributed by atoms with Gasteiger partial charge in [-0.3, -0.25) is 0 Å². The summed E-state index contributed by atoms with van der Waals surface area (Å²) in [5.74, 6) is 5.29. The first-order valence-corrected chi connectivity index (χ1v) is 30.8. The number of allylic oxidation sites excluding steroid dienone is 16. The molecular weight excluding hydrogens is 955 g/mol. The summed E-state index contributed by atoms with van der Waals surface area (Å²) in [5, 5.41) is 0. The van der Waals surface area contributed by atoms with E-state index in [9.17, 15) is 0 Å². The molecular formula is C66H84Cl2Zr. The molecule has 0 heterocycles. The van der Waals surface area contributed by atoms with Gasteiger partial charge in [0.15, 0.2) is 0 Å². The third-order valence-corrected chi connectivity index (χ3v) is 32.9. The standard InChI is InChI=1S/C29H37.C21H26.C16H21.2ClH.Zr/c1-21-14-13-15-22-20-27(6)25(4)18-10-9-16-23(25,2)24(3)17-11-12-19-26(24,5)29(27,8)28(21,22)7;1-20(2,3)18-11-7-16(8-12-18)15-17-9-13-19(14-10-17)21(4,5)6;1-10-2-3-13(4-10)16-14-6-11-5-12(8-14)9-15(16)7-11;;;/h9-20,22H,1-8H3;7-14H,1-6H3;3-4,10-12,14-16H,5-9H2,1H3;2*1H;/q;;;;;+2/p-2. The minimum Gasteiger partial charge on any atom is -1.00 e. The molecule has 0 spiro atoms. The molecule has 6 fully saturated rings. The van der Waals surface area contributed by atoms with Crippen LogP contribution in [0.4, 0.5) is 0 Å². The Morgan fingerprint density at radius 3 is 1.51 bits per heavy atom. The Labute approximate surface area is 439 Å². The summed E-state index contributed by atoms with van der Waals surface area (Å²) in [6, 6.07) is 20.3. The predicted molar refractivity (Wildman–Crippen MR) is 283 cm³/mol. The molecule has 0 aliphatic heterocycles. The van der Waals surface area contributed by atoms with Gasteiger partial charge in [0.25, 0.3) is 0 Å². The monoisotopic (exact) mass is 1040 g/mol. The summed E-state index contributed by atoms with van der Waals surface area (Å²) in [5.41, 5.74) is 8.40. The molecule has 10 aliphatic rings. The number of benzene rings is 2. The molecule has 2 aromatic carbocycles. The van der Waals surface area contributed by atoms with Crippen LogP contribution >= 0.6 is 0 Å². The average molecular weight is 1040 g/mol. The molecule has 0 amide bonds. The van der Waals surface area contributed by atoms with Crippen molar-refractivity contribution in [2.45, 2.75) is 150 Å². The van der Waals surface area contributed by atoms with Gasteiger partial charge in [0.2, 0.25) is 0 Å². The smallest absolute Gasteiger partial charge is 1.00 e. The van der Waals surface area contributed by atoms with E-state index >= 15 is 0 Å². The van der Waals surface area contributed by atoms with E-state index in [2.05, 4.69) is 231 Å². The quantitative estimate of drug-likeness (QED) is 0.280. The van der Waals surface area contributed by atoms with Gasteiger partial charge in [-0.15, -0.1) is 0 Å². The van der Waals surface area contributed by atoms with Crippen molar-refractivity contribution in [1.29, 1.82) is 0 Å². The number of hydrogen-bond donors (Lipinski definition) is 0. The van der Waals surface area contributed by atoms with Gasteiger partial charge >= 0.3 is 418 Å². The molecule has 0 saturated heterocycles. The van der Waals surface area contributed by atoms with Crippen molar-refractivity contribution in [1.82, 2.24) is 0 Å². The molecule has 6 saturated carbocycles. The van der Waals surface area contributed by atoms with Gasteiger partial charge in [0.1, 0.15) is 0 Å². The first-order valence-electron chi connectivity index (χ1n) is 26.9. The Morgan fingerprint density at radius 1 is 0.580 bits per heavy atom. The first-order chi connectivity index (χ1) is 31.4. The van der Waals surface area contributed by atoms with E-state index in [-0.39, 0.29) is 73.5 Å². The van der Waals surface area contributed by atoms with E-state index in [0.29, 0.717) is 15.5 Å². The fourth-order valence-electron chi connectivity index (χ4n) is 19.2. The Balaban J connectivity index is 0.00000296. The van der Waals surface area contributed by atoms with Gasteiger partial charge in [0, 0.05) is 0 Å². The first kappa shape index (κ1) is 51.6. The number of halogens is 2. The minimum absolute atomic E-state index is 0. The molecule has 10 aliphatic carbocycles. The van der Waals surface area contributed by atoms with Crippen LogP contribution in [0.3, 0.4) is 0 Å². The number of rotatable bonds is 5. The van der Waals surface area contributed by atoms with Crippen molar-refractivity contribution >= 4 is 3.21 Å². The predicted octanol–water partition coefficient (Wildman–Crippen LogP) is 11.3. The van der Waals surface area contributed by atoms with Crippen LogP contribution in [0.25, 0.3) is 0 Å². The summed E-state index contributed by atoms with van der Waals surface area (Å²) < 4.78 is 4.07. The summed E-state index contributed by atoms with van der Waals surface area (Å²) >= 11 is -3.29. The van der Waals surface area contributed by atoms with Gasteiger partial charge in [-0.25, -0.2) is 0 Å². The summed E-state index contributed by atoms with van der Waals surface area (Å²) in [7, 11) is 0. The third kappa shape index (κ3) is 6.49. The van der Waals surface area contributed by atoms with Crippen LogP contribution in [0.2, 0.25) is 3.63 Å². The second-order valence-corrected chi connectivity index (χ2v) is 33.7. The Kier molecular flexibility index (Phi) is 12.4. The van der Waals surface area contributed by atoms with Crippen LogP contribution in [0.1, 0.15) is 158 Å². The van der Waals surface area contributed by atoms with Crippen LogP contribution in [0.5, 0.6) is 0 Å². The number of fused-ring (bicyclic) bond motifs is 8.